The third-order valence-corrected chi connectivity index (χ3v) is 6.37. The quantitative estimate of drug-likeness (QED) is 0.254. The normalized spacial score (nSPS) is 10.7. The van der Waals surface area contributed by atoms with Crippen molar-refractivity contribution in [1.82, 2.24) is 0 Å². The van der Waals surface area contributed by atoms with Crippen molar-refractivity contribution in [3.63, 3.8) is 0 Å². The molecule has 35 heavy (non-hydrogen) atoms. The monoisotopic (exact) mass is 508 g/mol. The number of carbonyl (C=O) groups excluding carboxylic acids is 2. The Balaban J connectivity index is 1.40. The fourth-order valence-electron chi connectivity index (χ4n) is 3.46. The Labute approximate surface area is 209 Å². The van der Waals surface area contributed by atoms with E-state index in [1.54, 1.807) is 54.6 Å². The van der Waals surface area contributed by atoms with Gasteiger partial charge in [0.1, 0.15) is 5.82 Å². The maximum Gasteiger partial charge on any atom is 0.336 e. The van der Waals surface area contributed by atoms with Crippen LogP contribution >= 0.6 is 23.4 Å². The van der Waals surface area contributed by atoms with Crippen molar-refractivity contribution in [3.8, 4) is 0 Å². The lowest BCUT2D eigenvalue weighted by atomic mass is 9.98. The third-order valence-electron chi connectivity index (χ3n) is 5.07. The molecule has 0 aliphatic heterocycles. The molecule has 6 nitrogen and oxygen atoms in total. The summed E-state index contributed by atoms with van der Waals surface area (Å²) in [5, 5.41) is 15.9. The van der Waals surface area contributed by atoms with Gasteiger partial charge >= 0.3 is 5.97 Å². The Morgan fingerprint density at radius 3 is 2.17 bits per heavy atom. The average Bonchev–Trinajstić information content (AvgIpc) is 2.85. The second-order valence-corrected chi connectivity index (χ2v) is 8.91. The van der Waals surface area contributed by atoms with Crippen molar-refractivity contribution in [2.24, 2.45) is 0 Å². The highest BCUT2D eigenvalue weighted by Crippen LogP contribution is 2.26. The predicted molar refractivity (Wildman–Crippen MR) is 136 cm³/mol. The SMILES string of the molecule is O=C(CSc1ccc(NC(=O)c2cccc3cccc(C(=O)O)c23)cc1)Nc1ccc(F)c(Cl)c1. The summed E-state index contributed by atoms with van der Waals surface area (Å²) in [6, 6.07) is 20.8. The lowest BCUT2D eigenvalue weighted by molar-refractivity contribution is -0.113. The summed E-state index contributed by atoms with van der Waals surface area (Å²) in [7, 11) is 0. The number of fused-ring (bicyclic) bond motifs is 1. The van der Waals surface area contributed by atoms with E-state index >= 15 is 0 Å². The zero-order chi connectivity index (χ0) is 24.9. The van der Waals surface area contributed by atoms with E-state index in [1.165, 1.54) is 36.0 Å². The number of anilines is 2. The van der Waals surface area contributed by atoms with Crippen molar-refractivity contribution in [2.75, 3.05) is 16.4 Å². The molecule has 0 atom stereocenters. The first kappa shape index (κ1) is 24.3. The van der Waals surface area contributed by atoms with Gasteiger partial charge in [0.05, 0.1) is 16.3 Å². The molecule has 3 N–H and O–H groups in total. The molecule has 0 aromatic heterocycles. The number of hydrogen-bond donors (Lipinski definition) is 3. The summed E-state index contributed by atoms with van der Waals surface area (Å²) in [5.74, 6) is -2.26. The van der Waals surface area contributed by atoms with Gasteiger partial charge in [0.2, 0.25) is 5.91 Å². The standard InChI is InChI=1S/C26H18ClFN2O4S/c27-21-13-17(9-12-22(21)28)29-23(31)14-35-18-10-7-16(8-11-18)30-25(32)19-5-1-3-15-4-2-6-20(24(15)19)26(33)34/h1-13H,14H2,(H,29,31)(H,30,32)(H,33,34). The predicted octanol–water partition coefficient (Wildman–Crippen LogP) is 6.31. The maximum absolute atomic E-state index is 13.2. The summed E-state index contributed by atoms with van der Waals surface area (Å²) in [6.45, 7) is 0. The average molecular weight is 509 g/mol. The van der Waals surface area contributed by atoms with Crippen molar-refractivity contribution in [1.29, 1.82) is 0 Å². The lowest BCUT2D eigenvalue weighted by Crippen LogP contribution is -2.14. The van der Waals surface area contributed by atoms with Gasteiger partial charge in [-0.15, -0.1) is 11.8 Å². The van der Waals surface area contributed by atoms with Crippen LogP contribution in [0.2, 0.25) is 5.02 Å². The van der Waals surface area contributed by atoms with E-state index < -0.39 is 17.7 Å². The van der Waals surface area contributed by atoms with E-state index in [0.29, 0.717) is 22.1 Å². The smallest absolute Gasteiger partial charge is 0.336 e. The number of benzene rings is 4. The number of carboxylic acids is 1. The molecule has 0 saturated carbocycles. The molecule has 0 unspecified atom stereocenters. The van der Waals surface area contributed by atoms with Crippen molar-refractivity contribution >= 4 is 63.3 Å². The molecule has 0 heterocycles. The van der Waals surface area contributed by atoms with Crippen molar-refractivity contribution in [2.45, 2.75) is 4.90 Å². The molecule has 4 aromatic carbocycles. The van der Waals surface area contributed by atoms with Crippen LogP contribution in [0.4, 0.5) is 15.8 Å². The summed E-state index contributed by atoms with van der Waals surface area (Å²) in [4.78, 5) is 37.5. The van der Waals surface area contributed by atoms with E-state index in [2.05, 4.69) is 10.6 Å². The minimum absolute atomic E-state index is 0.0567. The van der Waals surface area contributed by atoms with E-state index in [-0.39, 0.29) is 27.8 Å². The van der Waals surface area contributed by atoms with Gasteiger partial charge in [-0.1, -0.05) is 35.9 Å². The van der Waals surface area contributed by atoms with Crippen molar-refractivity contribution < 1.29 is 23.9 Å². The summed E-state index contributed by atoms with van der Waals surface area (Å²) in [5.41, 5.74) is 1.24. The van der Waals surface area contributed by atoms with E-state index in [1.807, 2.05) is 0 Å². The molecule has 0 aliphatic carbocycles. The highest BCUT2D eigenvalue weighted by molar-refractivity contribution is 8.00. The molecular weight excluding hydrogens is 491 g/mol. The number of aromatic carboxylic acids is 1. The number of carbonyl (C=O) groups is 3. The molecule has 0 saturated heterocycles. The van der Waals surface area contributed by atoms with Gasteiger partial charge in [-0.3, -0.25) is 9.59 Å². The molecule has 0 radical (unpaired) electrons. The second kappa shape index (κ2) is 10.6. The van der Waals surface area contributed by atoms with Crippen LogP contribution < -0.4 is 10.6 Å². The van der Waals surface area contributed by atoms with E-state index in [0.717, 1.165) is 4.90 Å². The van der Waals surface area contributed by atoms with Crippen LogP contribution in [-0.4, -0.2) is 28.6 Å². The Morgan fingerprint density at radius 2 is 1.51 bits per heavy atom. The first-order valence-electron chi connectivity index (χ1n) is 10.4. The van der Waals surface area contributed by atoms with Gasteiger partial charge in [-0.05, 0) is 60.0 Å². The number of nitrogens with one attached hydrogen (secondary N) is 2. The minimum Gasteiger partial charge on any atom is -0.478 e. The number of hydrogen-bond acceptors (Lipinski definition) is 4. The summed E-state index contributed by atoms with van der Waals surface area (Å²) >= 11 is 7.01. The second-order valence-electron chi connectivity index (χ2n) is 7.46. The Morgan fingerprint density at radius 1 is 0.857 bits per heavy atom. The number of thioether (sulfide) groups is 1. The molecule has 0 aliphatic rings. The van der Waals surface area contributed by atoms with Crippen molar-refractivity contribution in [3.05, 3.63) is 101 Å². The lowest BCUT2D eigenvalue weighted by Gasteiger charge is -2.11. The van der Waals surface area contributed by atoms with Crippen LogP contribution in [0.25, 0.3) is 10.8 Å². The number of halogens is 2. The van der Waals surface area contributed by atoms with Crippen LogP contribution in [0, 0.1) is 5.82 Å². The first-order valence-corrected chi connectivity index (χ1v) is 11.7. The molecule has 2 amide bonds. The summed E-state index contributed by atoms with van der Waals surface area (Å²) in [6.07, 6.45) is 0. The highest BCUT2D eigenvalue weighted by atomic mass is 35.5. The largest absolute Gasteiger partial charge is 0.478 e. The van der Waals surface area contributed by atoms with Gasteiger partial charge in [0, 0.05) is 27.2 Å². The van der Waals surface area contributed by atoms with Crippen LogP contribution in [0.1, 0.15) is 20.7 Å². The van der Waals surface area contributed by atoms with Crippen LogP contribution in [0.15, 0.2) is 83.8 Å². The number of rotatable bonds is 7. The van der Waals surface area contributed by atoms with Crippen LogP contribution in [0.3, 0.4) is 0 Å². The van der Waals surface area contributed by atoms with Gasteiger partial charge in [0.15, 0.2) is 0 Å². The zero-order valence-electron chi connectivity index (χ0n) is 18.0. The number of carboxylic acid groups (broad SMARTS) is 1. The van der Waals surface area contributed by atoms with Gasteiger partial charge in [-0.25, -0.2) is 9.18 Å². The molecule has 0 spiro atoms. The molecule has 176 valence electrons. The topological polar surface area (TPSA) is 95.5 Å². The van der Waals surface area contributed by atoms with E-state index in [4.69, 9.17) is 11.6 Å². The molecule has 0 fully saturated rings. The Bertz CT molecular complexity index is 1440. The zero-order valence-corrected chi connectivity index (χ0v) is 19.6. The Kier molecular flexibility index (Phi) is 7.33. The highest BCUT2D eigenvalue weighted by Gasteiger charge is 2.16. The molecule has 9 heteroatoms. The molecule has 4 rings (SSSR count). The van der Waals surface area contributed by atoms with Gasteiger partial charge < -0.3 is 15.7 Å². The van der Waals surface area contributed by atoms with Gasteiger partial charge in [-0.2, -0.15) is 0 Å². The third kappa shape index (κ3) is 5.79. The first-order chi connectivity index (χ1) is 16.8. The van der Waals surface area contributed by atoms with E-state index in [9.17, 15) is 23.9 Å². The molecule has 4 aromatic rings. The fraction of sp³-hybridized carbons (Fsp3) is 0.0385. The van der Waals surface area contributed by atoms with Crippen LogP contribution in [0.5, 0.6) is 0 Å². The summed E-state index contributed by atoms with van der Waals surface area (Å²) < 4.78 is 13.2. The maximum atomic E-state index is 13.2. The Hall–Kier alpha value is -3.88. The van der Waals surface area contributed by atoms with Crippen LogP contribution in [-0.2, 0) is 4.79 Å². The molecular formula is C26H18ClFN2O4S. The fourth-order valence-corrected chi connectivity index (χ4v) is 4.34. The molecule has 0 bridgehead atoms. The number of amides is 2. The minimum atomic E-state index is -1.11. The van der Waals surface area contributed by atoms with Gasteiger partial charge in [0.25, 0.3) is 5.91 Å².